The Labute approximate surface area is 202 Å². The molecule has 2 aromatic carbocycles. The second-order valence-corrected chi connectivity index (χ2v) is 9.49. The molecule has 3 aromatic rings. The number of aromatic nitrogens is 1. The van der Waals surface area contributed by atoms with Crippen LogP contribution in [0.15, 0.2) is 66.7 Å². The van der Waals surface area contributed by atoms with E-state index < -0.39 is 48.7 Å². The Bertz CT molecular complexity index is 1290. The third kappa shape index (κ3) is 5.13. The highest BCUT2D eigenvalue weighted by atomic mass is 31.1. The molecule has 35 heavy (non-hydrogen) atoms. The van der Waals surface area contributed by atoms with Crippen LogP contribution in [-0.2, 0) is 21.4 Å². The predicted molar refractivity (Wildman–Crippen MR) is 126 cm³/mol. The van der Waals surface area contributed by atoms with Crippen LogP contribution in [0.25, 0.3) is 11.3 Å². The van der Waals surface area contributed by atoms with Crippen LogP contribution >= 0.6 is 8.03 Å². The predicted octanol–water partition coefficient (Wildman–Crippen LogP) is 4.67. The number of carboxylic acid groups (broad SMARTS) is 1. The summed E-state index contributed by atoms with van der Waals surface area (Å²) in [5, 5.41) is 19.3. The van der Waals surface area contributed by atoms with Crippen LogP contribution in [0, 0.1) is 29.4 Å². The van der Waals surface area contributed by atoms with Crippen molar-refractivity contribution in [3.63, 3.8) is 0 Å². The lowest BCUT2D eigenvalue weighted by atomic mass is 9.78. The van der Waals surface area contributed by atoms with Gasteiger partial charge < -0.3 is 10.2 Å². The quantitative estimate of drug-likeness (QED) is 0.323. The average molecular weight is 498 g/mol. The van der Waals surface area contributed by atoms with E-state index in [1.54, 1.807) is 44.2 Å². The summed E-state index contributed by atoms with van der Waals surface area (Å²) in [4.78, 5) is 27.1. The van der Waals surface area contributed by atoms with Gasteiger partial charge in [0.25, 0.3) is 0 Å². The number of hydrogen-bond acceptors (Lipinski definition) is 4. The van der Waals surface area contributed by atoms with Gasteiger partial charge in [-0.15, -0.1) is 0 Å². The molecule has 0 aliphatic heterocycles. The van der Waals surface area contributed by atoms with Gasteiger partial charge in [-0.1, -0.05) is 62.2 Å². The van der Waals surface area contributed by atoms with Gasteiger partial charge >= 0.3 is 19.2 Å². The molecule has 180 valence electrons. The first-order valence-corrected chi connectivity index (χ1v) is 11.8. The van der Waals surface area contributed by atoms with E-state index in [0.29, 0.717) is 5.56 Å². The highest BCUT2D eigenvalue weighted by Crippen LogP contribution is 2.50. The Hall–Kier alpha value is -3.50. The van der Waals surface area contributed by atoms with E-state index in [0.717, 1.165) is 24.3 Å². The van der Waals surface area contributed by atoms with Crippen molar-refractivity contribution in [2.45, 2.75) is 31.0 Å². The monoisotopic (exact) mass is 498 g/mol. The lowest BCUT2D eigenvalue weighted by molar-refractivity contribution is -0.146. The highest BCUT2D eigenvalue weighted by molar-refractivity contribution is 7.42. The number of aliphatic carboxylic acids is 1. The fourth-order valence-corrected chi connectivity index (χ4v) is 4.48. The fraction of sp³-hybridized carbons (Fsp3) is 0.231. The number of hydrogen-bond donors (Lipinski definition) is 3. The zero-order valence-corrected chi connectivity index (χ0v) is 19.8. The average Bonchev–Trinajstić information content (AvgIpc) is 2.81. The van der Waals surface area contributed by atoms with E-state index in [1.165, 1.54) is 12.1 Å². The summed E-state index contributed by atoms with van der Waals surface area (Å²) in [6, 6.07) is 15.0. The van der Waals surface area contributed by atoms with Crippen LogP contribution in [0.1, 0.15) is 25.1 Å². The lowest BCUT2D eigenvalue weighted by Gasteiger charge is -2.33. The number of carbonyl (C=O) groups is 1. The normalized spacial score (nSPS) is 14.9. The van der Waals surface area contributed by atoms with Crippen LogP contribution in [0.5, 0.6) is 0 Å². The molecule has 3 rings (SSSR count). The van der Waals surface area contributed by atoms with Crippen LogP contribution in [0.3, 0.4) is 0 Å². The minimum Gasteiger partial charge on any atom is -0.477 e. The molecule has 0 aliphatic rings. The molecule has 0 saturated carbocycles. The van der Waals surface area contributed by atoms with Crippen LogP contribution in [0.2, 0.25) is 0 Å². The molecular formula is C26H23F2NO5P+. The maximum atomic E-state index is 14.7. The summed E-state index contributed by atoms with van der Waals surface area (Å²) in [5.74, 6) is 1.35. The van der Waals surface area contributed by atoms with Gasteiger partial charge in [0.05, 0.1) is 5.69 Å². The van der Waals surface area contributed by atoms with E-state index in [4.69, 9.17) is 0 Å². The van der Waals surface area contributed by atoms with Gasteiger partial charge in [0.1, 0.15) is 17.3 Å². The molecule has 1 aromatic heterocycles. The van der Waals surface area contributed by atoms with Crippen molar-refractivity contribution < 1.29 is 33.2 Å². The van der Waals surface area contributed by atoms with Gasteiger partial charge in [0.15, 0.2) is 5.60 Å². The number of halogens is 2. The Morgan fingerprint density at radius 1 is 1.06 bits per heavy atom. The molecule has 3 N–H and O–H groups in total. The van der Waals surface area contributed by atoms with E-state index >= 15 is 0 Å². The molecule has 0 bridgehead atoms. The fourth-order valence-electron chi connectivity index (χ4n) is 3.64. The van der Waals surface area contributed by atoms with Crippen LogP contribution in [0.4, 0.5) is 8.78 Å². The largest absolute Gasteiger partial charge is 0.541 e. The Kier molecular flexibility index (Phi) is 7.76. The van der Waals surface area contributed by atoms with Gasteiger partial charge in [-0.3, -0.25) is 0 Å². The Morgan fingerprint density at radius 3 is 2.23 bits per heavy atom. The number of pyridine rings is 1. The molecule has 3 unspecified atom stereocenters. The van der Waals surface area contributed by atoms with Crippen LogP contribution < -0.4 is 0 Å². The van der Waals surface area contributed by atoms with Gasteiger partial charge in [0, 0.05) is 17.9 Å². The highest BCUT2D eigenvalue weighted by Gasteiger charge is 2.72. The minimum atomic E-state index is -3.68. The van der Waals surface area contributed by atoms with Crippen molar-refractivity contribution in [2.24, 2.45) is 5.92 Å². The number of benzene rings is 2. The van der Waals surface area contributed by atoms with Gasteiger partial charge in [-0.05, 0) is 40.3 Å². The van der Waals surface area contributed by atoms with Crippen LogP contribution in [-0.4, -0.2) is 31.2 Å². The smallest absolute Gasteiger partial charge is 0.477 e. The first-order chi connectivity index (χ1) is 16.5. The Morgan fingerprint density at radius 2 is 1.69 bits per heavy atom. The third-order valence-corrected chi connectivity index (χ3v) is 6.67. The molecule has 0 fully saturated rings. The second-order valence-electron chi connectivity index (χ2n) is 8.27. The maximum absolute atomic E-state index is 14.7. The summed E-state index contributed by atoms with van der Waals surface area (Å²) in [6.45, 7) is 3.29. The Balaban J connectivity index is 2.36. The topological polar surface area (TPSA) is 108 Å². The van der Waals surface area contributed by atoms with E-state index in [1.807, 2.05) is 0 Å². The van der Waals surface area contributed by atoms with Gasteiger partial charge in [0.2, 0.25) is 0 Å². The van der Waals surface area contributed by atoms with E-state index in [-0.39, 0.29) is 17.0 Å². The molecule has 0 radical (unpaired) electrons. The summed E-state index contributed by atoms with van der Waals surface area (Å²) >= 11 is 0. The number of nitrogens with zero attached hydrogens (tertiary/aromatic N) is 1. The summed E-state index contributed by atoms with van der Waals surface area (Å²) < 4.78 is 41.0. The third-order valence-electron chi connectivity index (χ3n) is 5.43. The zero-order chi connectivity index (χ0) is 25.8. The van der Waals surface area contributed by atoms with E-state index in [2.05, 4.69) is 16.8 Å². The number of carboxylic acids is 1. The molecule has 9 heteroatoms. The molecule has 0 saturated heterocycles. The molecule has 6 nitrogen and oxygen atoms in total. The molecule has 0 aliphatic carbocycles. The van der Waals surface area contributed by atoms with Crippen molar-refractivity contribution in [1.29, 1.82) is 0 Å². The number of aliphatic hydroxyl groups is 1. The lowest BCUT2D eigenvalue weighted by Crippen LogP contribution is -2.56. The molecular weight excluding hydrogens is 475 g/mol. The molecule has 0 amide bonds. The minimum absolute atomic E-state index is 0.190. The summed E-state index contributed by atoms with van der Waals surface area (Å²) in [5.41, 5.74) is -2.68. The maximum Gasteiger partial charge on any atom is 0.541 e. The SMILES string of the molecule is CC(C)C#CC(C(=O)O)([P+](=O)O)C(O)(Cc1ccc(F)cc1)c1ccc(F)c(-c2ccccc2)n1. The summed E-state index contributed by atoms with van der Waals surface area (Å²) in [7, 11) is -3.68. The van der Waals surface area contributed by atoms with Crippen molar-refractivity contribution >= 4 is 14.0 Å². The first kappa shape index (κ1) is 26.1. The molecule has 1 heterocycles. The summed E-state index contributed by atoms with van der Waals surface area (Å²) in [6.07, 6.45) is -0.569. The van der Waals surface area contributed by atoms with Gasteiger partial charge in [-0.2, -0.15) is 4.89 Å². The van der Waals surface area contributed by atoms with Gasteiger partial charge in [-0.25, -0.2) is 18.6 Å². The standard InChI is InChI=1S/C26H22F2NO5P/c1-17(2)14-15-26(24(30)31,35(33)34)25(32,16-18-8-10-20(27)11-9-18)22-13-12-21(28)23(29-22)19-6-4-3-5-7-19/h3-13,17,32H,16H2,1-2H3,(H-,30,31,33,34)/p+1. The number of rotatable bonds is 7. The first-order valence-electron chi connectivity index (χ1n) is 10.6. The second kappa shape index (κ2) is 10.4. The molecule has 0 spiro atoms. The van der Waals surface area contributed by atoms with Crippen molar-refractivity contribution in [1.82, 2.24) is 4.98 Å². The van der Waals surface area contributed by atoms with Crippen molar-refractivity contribution in [3.05, 3.63) is 89.6 Å². The van der Waals surface area contributed by atoms with Crippen molar-refractivity contribution in [3.8, 4) is 23.1 Å². The molecule has 3 atom stereocenters. The van der Waals surface area contributed by atoms with E-state index in [9.17, 15) is 33.2 Å². The van der Waals surface area contributed by atoms with Crippen molar-refractivity contribution in [2.75, 3.05) is 0 Å². The zero-order valence-electron chi connectivity index (χ0n) is 18.9.